The molecule has 2 heterocycles. The van der Waals surface area contributed by atoms with Gasteiger partial charge in [0, 0.05) is 30.2 Å². The SMILES string of the molecule is O=C(c1ccc2ncccc2c1)N1CC[CH]CC1. The molecule has 1 fully saturated rings. The quantitative estimate of drug-likeness (QED) is 0.766. The second-order valence-corrected chi connectivity index (χ2v) is 4.57. The molecule has 0 aliphatic carbocycles. The van der Waals surface area contributed by atoms with E-state index >= 15 is 0 Å². The number of fused-ring (bicyclic) bond motifs is 1. The highest BCUT2D eigenvalue weighted by Gasteiger charge is 2.18. The van der Waals surface area contributed by atoms with Crippen molar-refractivity contribution in [3.8, 4) is 0 Å². The van der Waals surface area contributed by atoms with Crippen molar-refractivity contribution in [1.29, 1.82) is 0 Å². The lowest BCUT2D eigenvalue weighted by atomic mass is 10.1. The number of hydrogen-bond acceptors (Lipinski definition) is 2. The average Bonchev–Trinajstić information content (AvgIpc) is 2.47. The molecule has 0 unspecified atom stereocenters. The number of likely N-dealkylation sites (tertiary alicyclic amines) is 1. The lowest BCUT2D eigenvalue weighted by molar-refractivity contribution is 0.0742. The number of hydrogen-bond donors (Lipinski definition) is 0. The van der Waals surface area contributed by atoms with Gasteiger partial charge in [-0.05, 0) is 43.5 Å². The molecule has 0 spiro atoms. The van der Waals surface area contributed by atoms with Crippen molar-refractivity contribution >= 4 is 16.8 Å². The molecule has 3 nitrogen and oxygen atoms in total. The molecule has 3 rings (SSSR count). The van der Waals surface area contributed by atoms with Crippen LogP contribution >= 0.6 is 0 Å². The van der Waals surface area contributed by atoms with E-state index in [0.29, 0.717) is 0 Å². The zero-order valence-electron chi connectivity index (χ0n) is 10.2. The minimum atomic E-state index is 0.133. The van der Waals surface area contributed by atoms with E-state index in [2.05, 4.69) is 11.4 Å². The summed E-state index contributed by atoms with van der Waals surface area (Å²) in [6.45, 7) is 1.67. The van der Waals surface area contributed by atoms with Gasteiger partial charge < -0.3 is 4.90 Å². The van der Waals surface area contributed by atoms with Crippen molar-refractivity contribution in [3.05, 3.63) is 48.5 Å². The molecule has 0 atom stereocenters. The molecule has 91 valence electrons. The lowest BCUT2D eigenvalue weighted by Gasteiger charge is -2.26. The summed E-state index contributed by atoms with van der Waals surface area (Å²) in [6.07, 6.45) is 6.01. The number of pyridine rings is 1. The number of nitrogens with zero attached hydrogens (tertiary/aromatic N) is 2. The number of benzene rings is 1. The van der Waals surface area contributed by atoms with E-state index in [1.807, 2.05) is 35.2 Å². The molecule has 1 aliphatic rings. The molecule has 0 saturated carbocycles. The van der Waals surface area contributed by atoms with Crippen LogP contribution in [0.3, 0.4) is 0 Å². The molecular formula is C15H15N2O. The summed E-state index contributed by atoms with van der Waals surface area (Å²) < 4.78 is 0. The molecular weight excluding hydrogens is 224 g/mol. The normalized spacial score (nSPS) is 15.9. The van der Waals surface area contributed by atoms with Crippen molar-refractivity contribution in [2.24, 2.45) is 0 Å². The molecule has 3 heteroatoms. The molecule has 1 saturated heterocycles. The van der Waals surface area contributed by atoms with Crippen molar-refractivity contribution in [3.63, 3.8) is 0 Å². The van der Waals surface area contributed by atoms with Crippen molar-refractivity contribution in [2.45, 2.75) is 12.8 Å². The topological polar surface area (TPSA) is 33.2 Å². The summed E-state index contributed by atoms with van der Waals surface area (Å²) >= 11 is 0. The highest BCUT2D eigenvalue weighted by atomic mass is 16.2. The van der Waals surface area contributed by atoms with E-state index in [4.69, 9.17) is 0 Å². The van der Waals surface area contributed by atoms with Gasteiger partial charge in [0.2, 0.25) is 0 Å². The van der Waals surface area contributed by atoms with Crippen LogP contribution in [0.15, 0.2) is 36.5 Å². The minimum Gasteiger partial charge on any atom is -0.339 e. The van der Waals surface area contributed by atoms with Gasteiger partial charge in [0.05, 0.1) is 5.52 Å². The van der Waals surface area contributed by atoms with Crippen molar-refractivity contribution in [2.75, 3.05) is 13.1 Å². The number of rotatable bonds is 1. The number of amides is 1. The Kier molecular flexibility index (Phi) is 2.97. The van der Waals surface area contributed by atoms with Crippen LogP contribution in [0.25, 0.3) is 10.9 Å². The minimum absolute atomic E-state index is 0.133. The van der Waals surface area contributed by atoms with Gasteiger partial charge in [-0.15, -0.1) is 0 Å². The van der Waals surface area contributed by atoms with Gasteiger partial charge in [-0.2, -0.15) is 0 Å². The van der Waals surface area contributed by atoms with E-state index in [9.17, 15) is 4.79 Å². The summed E-state index contributed by atoms with van der Waals surface area (Å²) in [5.41, 5.74) is 1.69. The predicted molar refractivity (Wildman–Crippen MR) is 71.2 cm³/mol. The first-order chi connectivity index (χ1) is 8.84. The van der Waals surface area contributed by atoms with Gasteiger partial charge in [-0.3, -0.25) is 9.78 Å². The third-order valence-electron chi connectivity index (χ3n) is 3.34. The summed E-state index contributed by atoms with van der Waals surface area (Å²) in [5, 5.41) is 1.02. The van der Waals surface area contributed by atoms with Crippen LogP contribution in [0.4, 0.5) is 0 Å². The molecule has 1 aromatic heterocycles. The molecule has 2 aromatic rings. The maximum Gasteiger partial charge on any atom is 0.253 e. The standard InChI is InChI=1S/C15H15N2O/c18-15(17-9-2-1-3-10-17)13-6-7-14-12(11-13)5-4-8-16-14/h1,4-8,11H,2-3,9-10H2. The van der Waals surface area contributed by atoms with E-state index in [-0.39, 0.29) is 5.91 Å². The highest BCUT2D eigenvalue weighted by molar-refractivity contribution is 5.98. The Morgan fingerprint density at radius 2 is 2.00 bits per heavy atom. The van der Waals surface area contributed by atoms with Crippen LogP contribution in [0.1, 0.15) is 23.2 Å². The maximum absolute atomic E-state index is 12.3. The molecule has 1 amide bonds. The Morgan fingerprint density at radius 1 is 1.17 bits per heavy atom. The maximum atomic E-state index is 12.3. The van der Waals surface area contributed by atoms with Gasteiger partial charge in [-0.1, -0.05) is 6.07 Å². The zero-order chi connectivity index (χ0) is 12.4. The first-order valence-electron chi connectivity index (χ1n) is 6.30. The first-order valence-corrected chi connectivity index (χ1v) is 6.30. The number of piperidine rings is 1. The van der Waals surface area contributed by atoms with Gasteiger partial charge in [0.1, 0.15) is 0 Å². The Hall–Kier alpha value is -1.90. The second-order valence-electron chi connectivity index (χ2n) is 4.57. The van der Waals surface area contributed by atoms with Crippen LogP contribution in [-0.2, 0) is 0 Å². The van der Waals surface area contributed by atoms with Gasteiger partial charge >= 0.3 is 0 Å². The Bertz CT molecular complexity index is 573. The second kappa shape index (κ2) is 4.77. The smallest absolute Gasteiger partial charge is 0.253 e. The van der Waals surface area contributed by atoms with Crippen molar-refractivity contribution in [1.82, 2.24) is 9.88 Å². The van der Waals surface area contributed by atoms with Crippen LogP contribution in [0.5, 0.6) is 0 Å². The molecule has 18 heavy (non-hydrogen) atoms. The van der Waals surface area contributed by atoms with E-state index in [1.54, 1.807) is 6.20 Å². The summed E-state index contributed by atoms with van der Waals surface area (Å²) in [4.78, 5) is 18.5. The number of carbonyl (C=O) groups is 1. The third-order valence-corrected chi connectivity index (χ3v) is 3.34. The van der Waals surface area contributed by atoms with E-state index < -0.39 is 0 Å². The lowest BCUT2D eigenvalue weighted by Crippen LogP contribution is -2.35. The van der Waals surface area contributed by atoms with Crippen LogP contribution in [-0.4, -0.2) is 28.9 Å². The molecule has 1 aliphatic heterocycles. The molecule has 0 bridgehead atoms. The molecule has 1 aromatic carbocycles. The summed E-state index contributed by atoms with van der Waals surface area (Å²) in [5.74, 6) is 0.133. The number of aromatic nitrogens is 1. The van der Waals surface area contributed by atoms with E-state index in [1.165, 1.54) is 0 Å². The Balaban J connectivity index is 1.91. The van der Waals surface area contributed by atoms with Crippen molar-refractivity contribution < 1.29 is 4.79 Å². The fraction of sp³-hybridized carbons (Fsp3) is 0.267. The fourth-order valence-corrected chi connectivity index (χ4v) is 2.34. The third kappa shape index (κ3) is 2.08. The fourth-order valence-electron chi connectivity index (χ4n) is 2.34. The molecule has 1 radical (unpaired) electrons. The largest absolute Gasteiger partial charge is 0.339 e. The monoisotopic (exact) mass is 239 g/mol. The number of carbonyl (C=O) groups excluding carboxylic acids is 1. The highest BCUT2D eigenvalue weighted by Crippen LogP contribution is 2.17. The van der Waals surface area contributed by atoms with Gasteiger partial charge in [0.25, 0.3) is 5.91 Å². The van der Waals surface area contributed by atoms with Gasteiger partial charge in [-0.25, -0.2) is 0 Å². The average molecular weight is 239 g/mol. The summed E-state index contributed by atoms with van der Waals surface area (Å²) in [7, 11) is 0. The predicted octanol–water partition coefficient (Wildman–Crippen LogP) is 2.68. The van der Waals surface area contributed by atoms with Crippen LogP contribution < -0.4 is 0 Å². The molecule has 0 N–H and O–H groups in total. The van der Waals surface area contributed by atoms with Crippen LogP contribution in [0.2, 0.25) is 0 Å². The van der Waals surface area contributed by atoms with Crippen LogP contribution in [0, 0.1) is 6.42 Å². The first kappa shape index (κ1) is 11.2. The Labute approximate surface area is 106 Å². The summed E-state index contributed by atoms with van der Waals surface area (Å²) in [6, 6.07) is 9.60. The van der Waals surface area contributed by atoms with E-state index in [0.717, 1.165) is 42.4 Å². The zero-order valence-corrected chi connectivity index (χ0v) is 10.2. The Morgan fingerprint density at radius 3 is 2.83 bits per heavy atom. The van der Waals surface area contributed by atoms with Gasteiger partial charge in [0.15, 0.2) is 0 Å².